The molecule has 0 spiro atoms. The minimum absolute atomic E-state index is 0.103. The molecule has 6 atom stereocenters. The molecule has 14 nitrogen and oxygen atoms in total. The minimum Gasteiger partial charge on any atom is -0.453 e. The van der Waals surface area contributed by atoms with Crippen LogP contribution in [0, 0.1) is 29.6 Å². The summed E-state index contributed by atoms with van der Waals surface area (Å²) in [6, 6.07) is 12.1. The molecule has 294 valence electrons. The molecule has 2 bridgehead atoms. The predicted molar refractivity (Wildman–Crippen MR) is 209 cm³/mol. The SMILES string of the molecule is COC(=O)N[C@H](C(=O)N1CCC[C@H]1c1nc2cc(C#Cc3ccc(-c4cnc([C@@H]5[C@H]6CC[C@H](C6)N5C(=O)[C@@H](NC(=O)OC)C(C)C)[nH]4)cc3)ccc2[nH]1)C(C)C. The van der Waals surface area contributed by atoms with Crippen LogP contribution in [-0.4, -0.2) is 92.6 Å². The fraction of sp³-hybridized carbons (Fsp3) is 0.476. The van der Waals surface area contributed by atoms with E-state index in [2.05, 4.69) is 32.4 Å². The van der Waals surface area contributed by atoms with Crippen LogP contribution >= 0.6 is 0 Å². The fourth-order valence-corrected chi connectivity index (χ4v) is 8.48. The van der Waals surface area contributed by atoms with E-state index < -0.39 is 24.3 Å². The highest BCUT2D eigenvalue weighted by molar-refractivity contribution is 5.87. The van der Waals surface area contributed by atoms with Crippen molar-refractivity contribution in [2.24, 2.45) is 17.8 Å². The van der Waals surface area contributed by atoms with E-state index in [1.54, 1.807) is 4.90 Å². The first-order valence-corrected chi connectivity index (χ1v) is 19.4. The first-order valence-electron chi connectivity index (χ1n) is 19.4. The lowest BCUT2D eigenvalue weighted by molar-refractivity contribution is -0.139. The Kier molecular flexibility index (Phi) is 11.0. The third-order valence-corrected chi connectivity index (χ3v) is 11.4. The number of piperidine rings is 1. The summed E-state index contributed by atoms with van der Waals surface area (Å²) in [7, 11) is 2.59. The number of methoxy groups -OCH3 is 2. The Morgan fingerprint density at radius 1 is 0.821 bits per heavy atom. The molecule has 0 unspecified atom stereocenters. The van der Waals surface area contributed by atoms with Crippen molar-refractivity contribution in [1.29, 1.82) is 0 Å². The van der Waals surface area contributed by atoms with Crippen molar-refractivity contribution in [3.05, 3.63) is 71.4 Å². The second kappa shape index (κ2) is 16.1. The number of carbonyl (C=O) groups excluding carboxylic acids is 4. The second-order valence-corrected chi connectivity index (χ2v) is 15.7. The van der Waals surface area contributed by atoms with Gasteiger partial charge in [0.2, 0.25) is 11.8 Å². The number of aromatic nitrogens is 4. The summed E-state index contributed by atoms with van der Waals surface area (Å²) in [5, 5.41) is 5.44. The zero-order valence-electron chi connectivity index (χ0n) is 32.7. The summed E-state index contributed by atoms with van der Waals surface area (Å²) in [5.74, 6) is 7.82. The summed E-state index contributed by atoms with van der Waals surface area (Å²) >= 11 is 0. The topological polar surface area (TPSA) is 175 Å². The van der Waals surface area contributed by atoms with Crippen LogP contribution in [0.25, 0.3) is 22.3 Å². The van der Waals surface area contributed by atoms with Gasteiger partial charge in [-0.05, 0) is 85.8 Å². The largest absolute Gasteiger partial charge is 0.453 e. The van der Waals surface area contributed by atoms with E-state index in [1.165, 1.54) is 14.2 Å². The summed E-state index contributed by atoms with van der Waals surface area (Å²) in [4.78, 5) is 71.8. The quantitative estimate of drug-likeness (QED) is 0.154. The number of alkyl carbamates (subject to hydrolysis) is 2. The number of hydrogen-bond acceptors (Lipinski definition) is 8. The Labute approximate surface area is 326 Å². The molecule has 3 aliphatic rings. The molecule has 2 aliphatic heterocycles. The van der Waals surface area contributed by atoms with Gasteiger partial charge in [-0.3, -0.25) is 9.59 Å². The normalized spacial score (nSPS) is 21.2. The number of benzene rings is 2. The van der Waals surface area contributed by atoms with E-state index in [0.717, 1.165) is 71.3 Å². The van der Waals surface area contributed by atoms with E-state index in [4.69, 9.17) is 19.4 Å². The first-order chi connectivity index (χ1) is 26.9. The van der Waals surface area contributed by atoms with E-state index >= 15 is 0 Å². The van der Waals surface area contributed by atoms with E-state index in [-0.39, 0.29) is 41.8 Å². The molecule has 4 aromatic rings. The van der Waals surface area contributed by atoms with Gasteiger partial charge < -0.3 is 39.9 Å². The molecule has 2 saturated heterocycles. The van der Waals surface area contributed by atoms with Gasteiger partial charge in [-0.2, -0.15) is 0 Å². The van der Waals surface area contributed by atoms with E-state index in [1.807, 2.05) is 81.3 Å². The van der Waals surface area contributed by atoms with Crippen LogP contribution in [0.3, 0.4) is 0 Å². The van der Waals surface area contributed by atoms with Gasteiger partial charge in [0.1, 0.15) is 23.7 Å². The van der Waals surface area contributed by atoms with Crippen molar-refractivity contribution in [3.63, 3.8) is 0 Å². The van der Waals surface area contributed by atoms with Gasteiger partial charge in [-0.15, -0.1) is 0 Å². The zero-order valence-corrected chi connectivity index (χ0v) is 32.7. The lowest BCUT2D eigenvalue weighted by Crippen LogP contribution is -2.54. The van der Waals surface area contributed by atoms with E-state index in [0.29, 0.717) is 18.3 Å². The molecule has 14 heteroatoms. The average molecular weight is 763 g/mol. The Balaban J connectivity index is 1.03. The van der Waals surface area contributed by atoms with Gasteiger partial charge in [0.15, 0.2) is 0 Å². The lowest BCUT2D eigenvalue weighted by atomic mass is 9.95. The van der Waals surface area contributed by atoms with Crippen molar-refractivity contribution in [2.75, 3.05) is 20.8 Å². The number of rotatable bonds is 9. The van der Waals surface area contributed by atoms with Crippen LogP contribution in [-0.2, 0) is 19.1 Å². The monoisotopic (exact) mass is 762 g/mol. The fourth-order valence-electron chi connectivity index (χ4n) is 8.48. The number of imidazole rings is 2. The predicted octanol–water partition coefficient (Wildman–Crippen LogP) is 5.83. The number of likely N-dealkylation sites (tertiary alicyclic amines) is 2. The summed E-state index contributed by atoms with van der Waals surface area (Å²) < 4.78 is 9.56. The number of H-pyrrole nitrogens is 2. The third-order valence-electron chi connectivity index (χ3n) is 11.4. The molecule has 2 aromatic carbocycles. The van der Waals surface area contributed by atoms with Crippen molar-refractivity contribution < 1.29 is 28.7 Å². The van der Waals surface area contributed by atoms with Gasteiger partial charge in [0, 0.05) is 23.7 Å². The molecule has 1 aliphatic carbocycles. The summed E-state index contributed by atoms with van der Waals surface area (Å²) in [6.07, 6.45) is 5.08. The van der Waals surface area contributed by atoms with Crippen molar-refractivity contribution in [3.8, 4) is 23.1 Å². The van der Waals surface area contributed by atoms with Gasteiger partial charge >= 0.3 is 12.2 Å². The summed E-state index contributed by atoms with van der Waals surface area (Å²) in [6.45, 7) is 8.22. The smallest absolute Gasteiger partial charge is 0.407 e. The molecule has 2 aromatic heterocycles. The molecule has 1 saturated carbocycles. The van der Waals surface area contributed by atoms with Gasteiger partial charge in [0.05, 0.1) is 49.2 Å². The Bertz CT molecular complexity index is 2160. The first kappa shape index (κ1) is 38.4. The number of hydrogen-bond donors (Lipinski definition) is 4. The summed E-state index contributed by atoms with van der Waals surface area (Å²) in [5.41, 5.74) is 5.08. The number of nitrogens with one attached hydrogen (secondary N) is 4. The lowest BCUT2D eigenvalue weighted by Gasteiger charge is -2.37. The number of aromatic amines is 2. The van der Waals surface area contributed by atoms with Gasteiger partial charge in [-0.1, -0.05) is 51.7 Å². The highest BCUT2D eigenvalue weighted by Gasteiger charge is 2.51. The molecule has 4 heterocycles. The van der Waals surface area contributed by atoms with Crippen molar-refractivity contribution >= 4 is 35.0 Å². The third kappa shape index (κ3) is 7.67. The molecular weight excluding hydrogens is 713 g/mol. The molecule has 56 heavy (non-hydrogen) atoms. The number of fused-ring (bicyclic) bond motifs is 3. The maximum absolute atomic E-state index is 13.9. The molecule has 4 N–H and O–H groups in total. The van der Waals surface area contributed by atoms with Crippen LogP contribution in [0.2, 0.25) is 0 Å². The molecule has 7 rings (SSSR count). The highest BCUT2D eigenvalue weighted by Crippen LogP contribution is 2.50. The average Bonchev–Trinajstić information content (AvgIpc) is 4.05. The van der Waals surface area contributed by atoms with Crippen molar-refractivity contribution in [2.45, 2.75) is 90.0 Å². The van der Waals surface area contributed by atoms with Crippen LogP contribution in [0.5, 0.6) is 0 Å². The van der Waals surface area contributed by atoms with Crippen LogP contribution in [0.4, 0.5) is 9.59 Å². The number of ether oxygens (including phenoxy) is 2. The number of amides is 4. The second-order valence-electron chi connectivity index (χ2n) is 15.7. The van der Waals surface area contributed by atoms with Crippen LogP contribution in [0.15, 0.2) is 48.7 Å². The van der Waals surface area contributed by atoms with E-state index in [9.17, 15) is 19.2 Å². The van der Waals surface area contributed by atoms with Crippen molar-refractivity contribution in [1.82, 2.24) is 40.4 Å². The van der Waals surface area contributed by atoms with Gasteiger partial charge in [-0.25, -0.2) is 19.6 Å². The van der Waals surface area contributed by atoms with Crippen LogP contribution in [0.1, 0.15) is 94.7 Å². The Morgan fingerprint density at radius 2 is 1.48 bits per heavy atom. The molecule has 4 amide bonds. The molecular formula is C42H50N8O6. The Morgan fingerprint density at radius 3 is 2.16 bits per heavy atom. The minimum atomic E-state index is -0.697. The molecule has 0 radical (unpaired) electrons. The Hall–Kier alpha value is -5.84. The standard InChI is InChI=1S/C42H50N8O6/c1-23(2)34(47-41(53)55-5)39(51)49-19-7-8-33(49)37-44-30-18-13-26(20-31(30)45-37)10-9-25-11-14-27(15-12-25)32-22-43-38(46-32)36-28-16-17-29(21-28)50(36)40(52)35(24(3)4)48-42(54)56-6/h11-15,18,20,22-24,28-29,33-36H,7-8,16-17,19,21H2,1-6H3,(H,43,46)(H,44,45)(H,47,53)(H,48,54)/t28-,29+,33-,34-,35-,36-/m0/s1. The maximum Gasteiger partial charge on any atom is 0.407 e. The zero-order chi connectivity index (χ0) is 39.7. The molecule has 3 fully saturated rings. The maximum atomic E-state index is 13.9. The van der Waals surface area contributed by atoms with Gasteiger partial charge in [0.25, 0.3) is 0 Å². The number of carbonyl (C=O) groups is 4. The van der Waals surface area contributed by atoms with Crippen LogP contribution < -0.4 is 10.6 Å². The number of nitrogens with zero attached hydrogens (tertiary/aromatic N) is 4. The highest BCUT2D eigenvalue weighted by atomic mass is 16.5.